The van der Waals surface area contributed by atoms with Crippen molar-refractivity contribution in [3.63, 3.8) is 0 Å². The van der Waals surface area contributed by atoms with Crippen LogP contribution >= 0.6 is 11.3 Å². The molecule has 3 heterocycles. The van der Waals surface area contributed by atoms with Gasteiger partial charge in [0.25, 0.3) is 5.91 Å². The SMILES string of the molecule is CCCCC(CC1=CCc2ccccc21)NC(=O)c1cc2ccc(N3CC4(CNC4)C3)cc2s1. The van der Waals surface area contributed by atoms with Crippen molar-refractivity contribution in [2.24, 2.45) is 5.41 Å². The Morgan fingerprint density at radius 1 is 1.18 bits per heavy atom. The molecule has 2 saturated heterocycles. The fourth-order valence-corrected chi connectivity index (χ4v) is 6.72. The van der Waals surface area contributed by atoms with Crippen molar-refractivity contribution in [3.8, 4) is 0 Å². The van der Waals surface area contributed by atoms with E-state index >= 15 is 0 Å². The Labute approximate surface area is 206 Å². The molecule has 1 aromatic heterocycles. The number of nitrogens with zero attached hydrogens (tertiary/aromatic N) is 1. The maximum atomic E-state index is 13.3. The van der Waals surface area contributed by atoms with Crippen molar-refractivity contribution in [1.82, 2.24) is 10.6 Å². The van der Waals surface area contributed by atoms with Gasteiger partial charge in [-0.15, -0.1) is 11.3 Å². The number of rotatable bonds is 8. The Bertz CT molecular complexity index is 1250. The predicted octanol–water partition coefficient (Wildman–Crippen LogP) is 5.63. The molecule has 0 radical (unpaired) electrons. The highest BCUT2D eigenvalue weighted by Crippen LogP contribution is 2.39. The van der Waals surface area contributed by atoms with Gasteiger partial charge in [0.15, 0.2) is 0 Å². The minimum absolute atomic E-state index is 0.0687. The molecule has 1 amide bonds. The average Bonchev–Trinajstić information content (AvgIpc) is 3.40. The van der Waals surface area contributed by atoms with Gasteiger partial charge in [-0.3, -0.25) is 4.79 Å². The van der Waals surface area contributed by atoms with Crippen LogP contribution in [0.15, 0.2) is 54.6 Å². The minimum Gasteiger partial charge on any atom is -0.370 e. The number of fused-ring (bicyclic) bond motifs is 2. The molecular weight excluding hydrogens is 438 g/mol. The summed E-state index contributed by atoms with van der Waals surface area (Å²) in [6, 6.07) is 17.6. The van der Waals surface area contributed by atoms with E-state index in [0.717, 1.165) is 68.5 Å². The fourth-order valence-electron chi connectivity index (χ4n) is 5.72. The number of thiophene rings is 1. The zero-order valence-electron chi connectivity index (χ0n) is 19.9. The zero-order chi connectivity index (χ0) is 23.1. The van der Waals surface area contributed by atoms with Crippen LogP contribution in [0, 0.1) is 5.41 Å². The molecule has 2 aromatic carbocycles. The molecule has 3 aliphatic rings. The highest BCUT2D eigenvalue weighted by Gasteiger charge is 2.47. The number of hydrogen-bond donors (Lipinski definition) is 2. The summed E-state index contributed by atoms with van der Waals surface area (Å²) in [4.78, 5) is 16.6. The number of allylic oxidation sites excluding steroid dienone is 1. The number of unbranched alkanes of at least 4 members (excludes halogenated alkanes) is 1. The topological polar surface area (TPSA) is 44.4 Å². The van der Waals surface area contributed by atoms with Gasteiger partial charge in [0, 0.05) is 48.0 Å². The molecule has 0 saturated carbocycles. The molecule has 1 aliphatic carbocycles. The number of hydrogen-bond acceptors (Lipinski definition) is 4. The van der Waals surface area contributed by atoms with E-state index in [1.807, 2.05) is 0 Å². The first-order valence-electron chi connectivity index (χ1n) is 12.7. The summed E-state index contributed by atoms with van der Waals surface area (Å²) < 4.78 is 1.20. The summed E-state index contributed by atoms with van der Waals surface area (Å²) in [5, 5.41) is 7.95. The molecule has 1 atom stereocenters. The normalized spacial score (nSPS) is 18.9. The number of nitrogens with one attached hydrogen (secondary N) is 2. The monoisotopic (exact) mass is 471 g/mol. The van der Waals surface area contributed by atoms with Crippen molar-refractivity contribution >= 4 is 38.6 Å². The summed E-state index contributed by atoms with van der Waals surface area (Å²) in [6.07, 6.45) is 7.54. The van der Waals surface area contributed by atoms with E-state index in [0.29, 0.717) is 5.41 Å². The van der Waals surface area contributed by atoms with Crippen LogP contribution < -0.4 is 15.5 Å². The first-order valence-corrected chi connectivity index (χ1v) is 13.5. The molecule has 5 heteroatoms. The van der Waals surface area contributed by atoms with Crippen LogP contribution in [0.1, 0.15) is 53.4 Å². The van der Waals surface area contributed by atoms with Gasteiger partial charge in [-0.05, 0) is 59.5 Å². The lowest BCUT2D eigenvalue weighted by Gasteiger charge is -2.57. The van der Waals surface area contributed by atoms with Crippen molar-refractivity contribution < 1.29 is 4.79 Å². The second-order valence-electron chi connectivity index (χ2n) is 10.4. The van der Waals surface area contributed by atoms with Crippen LogP contribution in [0.3, 0.4) is 0 Å². The molecule has 4 nitrogen and oxygen atoms in total. The van der Waals surface area contributed by atoms with E-state index in [-0.39, 0.29) is 11.9 Å². The Balaban J connectivity index is 1.15. The van der Waals surface area contributed by atoms with Gasteiger partial charge in [0.1, 0.15) is 0 Å². The average molecular weight is 472 g/mol. The van der Waals surface area contributed by atoms with Gasteiger partial charge in [-0.2, -0.15) is 0 Å². The maximum Gasteiger partial charge on any atom is 0.261 e. The smallest absolute Gasteiger partial charge is 0.261 e. The van der Waals surface area contributed by atoms with Gasteiger partial charge in [-0.25, -0.2) is 0 Å². The largest absolute Gasteiger partial charge is 0.370 e. The van der Waals surface area contributed by atoms with Crippen LogP contribution in [0.25, 0.3) is 15.7 Å². The lowest BCUT2D eigenvalue weighted by Crippen LogP contribution is -2.71. The number of anilines is 1. The fraction of sp³-hybridized carbons (Fsp3) is 0.414. The van der Waals surface area contributed by atoms with Crippen LogP contribution in [-0.4, -0.2) is 38.1 Å². The lowest BCUT2D eigenvalue weighted by atomic mass is 9.74. The number of carbonyl (C=O) groups is 1. The molecule has 176 valence electrons. The van der Waals surface area contributed by atoms with E-state index < -0.39 is 0 Å². The van der Waals surface area contributed by atoms with Crippen molar-refractivity contribution in [3.05, 3.63) is 70.6 Å². The molecule has 0 bridgehead atoms. The number of benzene rings is 2. The number of carbonyl (C=O) groups excluding carboxylic acids is 1. The standard InChI is InChI=1S/C29H33N3OS/c1-2-3-7-23(13-21-10-9-20-6-4-5-8-25(20)21)31-28(33)27-14-22-11-12-24(15-26(22)34-27)32-18-29(19-32)16-30-17-29/h4-6,8,10-12,14-15,23,30H,2-3,7,9,13,16-19H2,1H3,(H,31,33). The van der Waals surface area contributed by atoms with Crippen LogP contribution in [-0.2, 0) is 6.42 Å². The second kappa shape index (κ2) is 8.86. The summed E-state index contributed by atoms with van der Waals surface area (Å²) >= 11 is 1.62. The molecule has 2 fully saturated rings. The Morgan fingerprint density at radius 2 is 2.03 bits per heavy atom. The summed E-state index contributed by atoms with van der Waals surface area (Å²) in [7, 11) is 0. The molecule has 34 heavy (non-hydrogen) atoms. The first kappa shape index (κ1) is 21.9. The maximum absolute atomic E-state index is 13.3. The summed E-state index contributed by atoms with van der Waals surface area (Å²) in [5.41, 5.74) is 5.94. The Morgan fingerprint density at radius 3 is 2.82 bits per heavy atom. The minimum atomic E-state index is 0.0687. The van der Waals surface area contributed by atoms with Crippen LogP contribution in [0.5, 0.6) is 0 Å². The Hall–Kier alpha value is -2.63. The van der Waals surface area contributed by atoms with Crippen molar-refractivity contribution in [2.45, 2.75) is 45.1 Å². The number of amides is 1. The lowest BCUT2D eigenvalue weighted by molar-refractivity contribution is 0.0939. The van der Waals surface area contributed by atoms with E-state index in [1.54, 1.807) is 11.3 Å². The molecule has 3 aromatic rings. The molecule has 1 spiro atoms. The van der Waals surface area contributed by atoms with Crippen molar-refractivity contribution in [2.75, 3.05) is 31.1 Å². The third kappa shape index (κ3) is 4.05. The third-order valence-electron chi connectivity index (χ3n) is 7.78. The van der Waals surface area contributed by atoms with Crippen LogP contribution in [0.2, 0.25) is 0 Å². The van der Waals surface area contributed by atoms with Gasteiger partial charge in [-0.1, -0.05) is 56.2 Å². The highest BCUT2D eigenvalue weighted by molar-refractivity contribution is 7.20. The molecule has 1 unspecified atom stereocenters. The Kier molecular flexibility index (Phi) is 5.70. The molecule has 2 aliphatic heterocycles. The molecular formula is C29H33N3OS. The van der Waals surface area contributed by atoms with Crippen LogP contribution in [0.4, 0.5) is 5.69 Å². The van der Waals surface area contributed by atoms with E-state index in [1.165, 1.54) is 27.1 Å². The van der Waals surface area contributed by atoms with Gasteiger partial charge in [0.2, 0.25) is 0 Å². The second-order valence-corrected chi connectivity index (χ2v) is 11.5. The zero-order valence-corrected chi connectivity index (χ0v) is 20.7. The molecule has 2 N–H and O–H groups in total. The first-order chi connectivity index (χ1) is 16.6. The van der Waals surface area contributed by atoms with E-state index in [9.17, 15) is 4.79 Å². The van der Waals surface area contributed by atoms with Crippen molar-refractivity contribution in [1.29, 1.82) is 0 Å². The summed E-state index contributed by atoms with van der Waals surface area (Å²) in [6.45, 7) is 6.80. The predicted molar refractivity (Wildman–Crippen MR) is 143 cm³/mol. The third-order valence-corrected chi connectivity index (χ3v) is 8.88. The van der Waals surface area contributed by atoms with Gasteiger partial charge < -0.3 is 15.5 Å². The van der Waals surface area contributed by atoms with Gasteiger partial charge >= 0.3 is 0 Å². The molecule has 6 rings (SSSR count). The summed E-state index contributed by atoms with van der Waals surface area (Å²) in [5.74, 6) is 0.0687. The van der Waals surface area contributed by atoms with E-state index in [4.69, 9.17) is 0 Å². The quantitative estimate of drug-likeness (QED) is 0.448. The highest BCUT2D eigenvalue weighted by atomic mass is 32.1. The van der Waals surface area contributed by atoms with Gasteiger partial charge in [0.05, 0.1) is 4.88 Å². The van der Waals surface area contributed by atoms with E-state index in [2.05, 4.69) is 77.1 Å².